The second kappa shape index (κ2) is 4.43. The van der Waals surface area contributed by atoms with Gasteiger partial charge in [0, 0.05) is 0 Å². The van der Waals surface area contributed by atoms with Gasteiger partial charge in [0.05, 0.1) is 6.10 Å². The third-order valence-corrected chi connectivity index (χ3v) is 2.50. The SMILES string of the molecule is Cc1ccc(CC(C)C(C)O)cc1. The van der Waals surface area contributed by atoms with E-state index in [1.54, 1.807) is 0 Å². The smallest absolute Gasteiger partial charge is 0.0540 e. The summed E-state index contributed by atoms with van der Waals surface area (Å²) in [5.41, 5.74) is 2.59. The van der Waals surface area contributed by atoms with Crippen molar-refractivity contribution in [1.29, 1.82) is 0 Å². The Labute approximate surface area is 80.4 Å². The van der Waals surface area contributed by atoms with Crippen molar-refractivity contribution < 1.29 is 5.11 Å². The van der Waals surface area contributed by atoms with Crippen LogP contribution in [0.2, 0.25) is 0 Å². The van der Waals surface area contributed by atoms with Crippen LogP contribution in [0.3, 0.4) is 0 Å². The lowest BCUT2D eigenvalue weighted by Gasteiger charge is -2.14. The van der Waals surface area contributed by atoms with Gasteiger partial charge < -0.3 is 5.11 Å². The number of rotatable bonds is 3. The first-order chi connectivity index (χ1) is 6.09. The molecular weight excluding hydrogens is 160 g/mol. The molecule has 0 aliphatic rings. The number of aliphatic hydroxyl groups is 1. The van der Waals surface area contributed by atoms with Crippen LogP contribution in [0.4, 0.5) is 0 Å². The van der Waals surface area contributed by atoms with E-state index in [1.165, 1.54) is 11.1 Å². The van der Waals surface area contributed by atoms with Gasteiger partial charge >= 0.3 is 0 Å². The van der Waals surface area contributed by atoms with Crippen LogP contribution >= 0.6 is 0 Å². The Morgan fingerprint density at radius 1 is 1.15 bits per heavy atom. The number of aryl methyl sites for hydroxylation is 1. The summed E-state index contributed by atoms with van der Waals surface area (Å²) in [4.78, 5) is 0. The topological polar surface area (TPSA) is 20.2 Å². The first kappa shape index (κ1) is 10.3. The van der Waals surface area contributed by atoms with Gasteiger partial charge in [-0.1, -0.05) is 36.8 Å². The molecule has 0 radical (unpaired) electrons. The van der Waals surface area contributed by atoms with Crippen molar-refractivity contribution in [3.63, 3.8) is 0 Å². The van der Waals surface area contributed by atoms with E-state index < -0.39 is 0 Å². The Morgan fingerprint density at radius 3 is 2.15 bits per heavy atom. The largest absolute Gasteiger partial charge is 0.393 e. The lowest BCUT2D eigenvalue weighted by molar-refractivity contribution is 0.135. The monoisotopic (exact) mass is 178 g/mol. The number of hydrogen-bond donors (Lipinski definition) is 1. The highest BCUT2D eigenvalue weighted by Gasteiger charge is 2.08. The number of hydrogen-bond acceptors (Lipinski definition) is 1. The molecule has 1 rings (SSSR count). The van der Waals surface area contributed by atoms with Gasteiger partial charge in [0.2, 0.25) is 0 Å². The third-order valence-electron chi connectivity index (χ3n) is 2.50. The Balaban J connectivity index is 2.59. The molecule has 0 saturated carbocycles. The van der Waals surface area contributed by atoms with Crippen LogP contribution in [0, 0.1) is 12.8 Å². The second-order valence-electron chi connectivity index (χ2n) is 3.91. The van der Waals surface area contributed by atoms with E-state index in [0.717, 1.165) is 6.42 Å². The first-order valence-corrected chi connectivity index (χ1v) is 4.83. The van der Waals surface area contributed by atoms with Crippen molar-refractivity contribution in [2.75, 3.05) is 0 Å². The summed E-state index contributed by atoms with van der Waals surface area (Å²) in [5, 5.41) is 9.34. The molecule has 0 saturated heterocycles. The maximum Gasteiger partial charge on any atom is 0.0540 e. The van der Waals surface area contributed by atoms with Gasteiger partial charge in [-0.3, -0.25) is 0 Å². The molecule has 1 nitrogen and oxygen atoms in total. The Morgan fingerprint density at radius 2 is 1.69 bits per heavy atom. The van der Waals surface area contributed by atoms with Crippen LogP contribution in [-0.4, -0.2) is 11.2 Å². The fourth-order valence-electron chi connectivity index (χ4n) is 1.27. The maximum atomic E-state index is 9.34. The highest BCUT2D eigenvalue weighted by Crippen LogP contribution is 2.12. The van der Waals surface area contributed by atoms with Crippen molar-refractivity contribution in [1.82, 2.24) is 0 Å². The van der Waals surface area contributed by atoms with E-state index in [-0.39, 0.29) is 6.10 Å². The molecule has 1 aromatic carbocycles. The van der Waals surface area contributed by atoms with Gasteiger partial charge in [-0.2, -0.15) is 0 Å². The van der Waals surface area contributed by atoms with Crippen molar-refractivity contribution >= 4 is 0 Å². The van der Waals surface area contributed by atoms with Crippen LogP contribution in [0.25, 0.3) is 0 Å². The van der Waals surface area contributed by atoms with Crippen LogP contribution in [0.1, 0.15) is 25.0 Å². The van der Waals surface area contributed by atoms with E-state index in [2.05, 4.69) is 38.1 Å². The van der Waals surface area contributed by atoms with E-state index in [0.29, 0.717) is 5.92 Å². The van der Waals surface area contributed by atoms with Gasteiger partial charge in [-0.05, 0) is 31.7 Å². The van der Waals surface area contributed by atoms with Crippen molar-refractivity contribution in [3.05, 3.63) is 35.4 Å². The molecule has 0 aliphatic carbocycles. The maximum absolute atomic E-state index is 9.34. The molecule has 0 heterocycles. The molecule has 0 aromatic heterocycles. The molecule has 2 atom stereocenters. The highest BCUT2D eigenvalue weighted by atomic mass is 16.3. The summed E-state index contributed by atoms with van der Waals surface area (Å²) in [6, 6.07) is 8.50. The van der Waals surface area contributed by atoms with Crippen LogP contribution < -0.4 is 0 Å². The Bertz CT molecular complexity index is 248. The van der Waals surface area contributed by atoms with E-state index in [9.17, 15) is 5.11 Å². The fourth-order valence-corrected chi connectivity index (χ4v) is 1.27. The average molecular weight is 178 g/mol. The molecule has 0 spiro atoms. The highest BCUT2D eigenvalue weighted by molar-refractivity contribution is 5.21. The quantitative estimate of drug-likeness (QED) is 0.754. The molecule has 1 heteroatoms. The second-order valence-corrected chi connectivity index (χ2v) is 3.91. The zero-order valence-electron chi connectivity index (χ0n) is 8.62. The molecule has 1 aromatic rings. The van der Waals surface area contributed by atoms with E-state index in [1.807, 2.05) is 6.92 Å². The Kier molecular flexibility index (Phi) is 3.49. The van der Waals surface area contributed by atoms with Gasteiger partial charge in [-0.25, -0.2) is 0 Å². The van der Waals surface area contributed by atoms with Gasteiger partial charge in [-0.15, -0.1) is 0 Å². The van der Waals surface area contributed by atoms with Crippen molar-refractivity contribution in [3.8, 4) is 0 Å². The molecule has 2 unspecified atom stereocenters. The zero-order valence-corrected chi connectivity index (χ0v) is 8.62. The van der Waals surface area contributed by atoms with Crippen molar-refractivity contribution in [2.45, 2.75) is 33.3 Å². The predicted octanol–water partition coefficient (Wildman–Crippen LogP) is 2.55. The molecule has 0 aliphatic heterocycles. The molecule has 0 bridgehead atoms. The average Bonchev–Trinajstić information content (AvgIpc) is 2.08. The standard InChI is InChI=1S/C12H18O/c1-9-4-6-12(7-5-9)8-10(2)11(3)13/h4-7,10-11,13H,8H2,1-3H3. The minimum atomic E-state index is -0.221. The fraction of sp³-hybridized carbons (Fsp3) is 0.500. The third kappa shape index (κ3) is 3.19. The number of aliphatic hydroxyl groups excluding tert-OH is 1. The molecule has 1 N–H and O–H groups in total. The first-order valence-electron chi connectivity index (χ1n) is 4.83. The molecule has 0 amide bonds. The molecule has 72 valence electrons. The molecule has 0 fully saturated rings. The van der Waals surface area contributed by atoms with Gasteiger partial charge in [0.15, 0.2) is 0 Å². The van der Waals surface area contributed by atoms with Gasteiger partial charge in [0.25, 0.3) is 0 Å². The summed E-state index contributed by atoms with van der Waals surface area (Å²) in [6.45, 7) is 6.01. The number of benzene rings is 1. The minimum absolute atomic E-state index is 0.221. The van der Waals surface area contributed by atoms with E-state index in [4.69, 9.17) is 0 Å². The Hall–Kier alpha value is -0.820. The summed E-state index contributed by atoms with van der Waals surface area (Å²) in [7, 11) is 0. The van der Waals surface area contributed by atoms with Crippen LogP contribution in [0.15, 0.2) is 24.3 Å². The summed E-state index contributed by atoms with van der Waals surface area (Å²) in [5.74, 6) is 0.336. The van der Waals surface area contributed by atoms with Crippen molar-refractivity contribution in [2.24, 2.45) is 5.92 Å². The summed E-state index contributed by atoms with van der Waals surface area (Å²) < 4.78 is 0. The molecular formula is C12H18O. The predicted molar refractivity (Wildman–Crippen MR) is 55.7 cm³/mol. The lowest BCUT2D eigenvalue weighted by atomic mass is 9.96. The van der Waals surface area contributed by atoms with Crippen LogP contribution in [-0.2, 0) is 6.42 Å². The minimum Gasteiger partial charge on any atom is -0.393 e. The zero-order chi connectivity index (χ0) is 9.84. The summed E-state index contributed by atoms with van der Waals surface area (Å²) in [6.07, 6.45) is 0.735. The summed E-state index contributed by atoms with van der Waals surface area (Å²) >= 11 is 0. The van der Waals surface area contributed by atoms with Gasteiger partial charge in [0.1, 0.15) is 0 Å². The molecule has 13 heavy (non-hydrogen) atoms. The van der Waals surface area contributed by atoms with E-state index >= 15 is 0 Å². The van der Waals surface area contributed by atoms with Crippen LogP contribution in [0.5, 0.6) is 0 Å². The normalized spacial score (nSPS) is 15.4. The lowest BCUT2D eigenvalue weighted by Crippen LogP contribution is -2.15.